The van der Waals surface area contributed by atoms with Crippen molar-refractivity contribution in [1.29, 1.82) is 0 Å². The van der Waals surface area contributed by atoms with Crippen molar-refractivity contribution < 1.29 is 4.39 Å². The average molecular weight is 285 g/mol. The van der Waals surface area contributed by atoms with Crippen molar-refractivity contribution in [2.45, 2.75) is 13.8 Å². The molecule has 0 aliphatic carbocycles. The number of rotatable bonds is 4. The Kier molecular flexibility index (Phi) is 3.43. The van der Waals surface area contributed by atoms with E-state index in [0.29, 0.717) is 17.2 Å². The maximum atomic E-state index is 13.5. The van der Waals surface area contributed by atoms with Gasteiger partial charge in [-0.2, -0.15) is 0 Å². The number of aryl methyl sites for hydroxylation is 1. The smallest absolute Gasteiger partial charge is 0.180 e. The van der Waals surface area contributed by atoms with Gasteiger partial charge in [0.2, 0.25) is 0 Å². The number of hydrogen-bond acceptors (Lipinski definition) is 4. The molecule has 2 heterocycles. The van der Waals surface area contributed by atoms with Crippen molar-refractivity contribution in [2.75, 3.05) is 17.2 Å². The number of hydrogen-bond donors (Lipinski definition) is 2. The molecule has 0 saturated heterocycles. The van der Waals surface area contributed by atoms with Gasteiger partial charge in [-0.25, -0.2) is 14.4 Å². The molecule has 2 aromatic heterocycles. The Balaban J connectivity index is 2.04. The molecule has 2 N–H and O–H groups in total. The van der Waals surface area contributed by atoms with E-state index in [2.05, 4.69) is 20.6 Å². The van der Waals surface area contributed by atoms with Crippen molar-refractivity contribution in [3.8, 4) is 0 Å². The second-order valence-corrected chi connectivity index (χ2v) is 4.81. The molecule has 0 spiro atoms. The van der Waals surface area contributed by atoms with Gasteiger partial charge in [-0.05, 0) is 37.6 Å². The van der Waals surface area contributed by atoms with Gasteiger partial charge in [0, 0.05) is 24.6 Å². The van der Waals surface area contributed by atoms with Gasteiger partial charge in [0.25, 0.3) is 0 Å². The molecule has 0 amide bonds. The number of fused-ring (bicyclic) bond motifs is 1. The fourth-order valence-corrected chi connectivity index (χ4v) is 2.23. The molecule has 0 saturated carbocycles. The fourth-order valence-electron chi connectivity index (χ4n) is 2.23. The summed E-state index contributed by atoms with van der Waals surface area (Å²) in [4.78, 5) is 8.77. The normalized spacial score (nSPS) is 10.8. The summed E-state index contributed by atoms with van der Waals surface area (Å²) in [6.07, 6.45) is 5.42. The van der Waals surface area contributed by atoms with E-state index in [1.807, 2.05) is 36.7 Å². The van der Waals surface area contributed by atoms with Crippen LogP contribution in [0.4, 0.5) is 21.7 Å². The molecule has 6 heteroatoms. The zero-order valence-corrected chi connectivity index (χ0v) is 11.9. The molecule has 0 unspecified atom stereocenters. The van der Waals surface area contributed by atoms with Crippen LogP contribution in [-0.2, 0) is 0 Å². The Morgan fingerprint density at radius 1 is 1.29 bits per heavy atom. The summed E-state index contributed by atoms with van der Waals surface area (Å²) in [7, 11) is 0. The van der Waals surface area contributed by atoms with E-state index in [9.17, 15) is 4.39 Å². The Labute approximate surface area is 121 Å². The zero-order valence-electron chi connectivity index (χ0n) is 11.9. The topological polar surface area (TPSA) is 54.2 Å². The molecular weight excluding hydrogens is 269 g/mol. The third-order valence-corrected chi connectivity index (χ3v) is 3.04. The first kappa shape index (κ1) is 13.4. The Morgan fingerprint density at radius 2 is 2.14 bits per heavy atom. The minimum Gasteiger partial charge on any atom is -0.369 e. The second kappa shape index (κ2) is 5.40. The van der Waals surface area contributed by atoms with Crippen LogP contribution >= 0.6 is 0 Å². The van der Waals surface area contributed by atoms with Crippen molar-refractivity contribution in [1.82, 2.24) is 14.4 Å². The van der Waals surface area contributed by atoms with Crippen LogP contribution in [0.5, 0.6) is 0 Å². The first-order chi connectivity index (χ1) is 10.2. The number of aromatic nitrogens is 3. The first-order valence-corrected chi connectivity index (χ1v) is 6.77. The number of halogens is 1. The number of imidazole rings is 1. The molecule has 3 aromatic rings. The SMILES string of the molecule is CCNc1cn2ccnc2c(Nc2cc(C)cc(F)c2)n1. The molecule has 0 fully saturated rings. The van der Waals surface area contributed by atoms with Gasteiger partial charge in [0.05, 0.1) is 6.20 Å². The lowest BCUT2D eigenvalue weighted by molar-refractivity contribution is 0.627. The fraction of sp³-hybridized carbons (Fsp3) is 0.200. The van der Waals surface area contributed by atoms with Gasteiger partial charge >= 0.3 is 0 Å². The van der Waals surface area contributed by atoms with E-state index in [4.69, 9.17) is 0 Å². The molecule has 0 aliphatic heterocycles. The molecule has 5 nitrogen and oxygen atoms in total. The molecule has 21 heavy (non-hydrogen) atoms. The monoisotopic (exact) mass is 285 g/mol. The van der Waals surface area contributed by atoms with Gasteiger partial charge in [0.15, 0.2) is 11.5 Å². The van der Waals surface area contributed by atoms with Crippen LogP contribution in [-0.4, -0.2) is 20.9 Å². The Bertz CT molecular complexity index is 761. The van der Waals surface area contributed by atoms with E-state index < -0.39 is 0 Å². The molecule has 3 rings (SSSR count). The Morgan fingerprint density at radius 3 is 2.90 bits per heavy atom. The maximum absolute atomic E-state index is 13.5. The molecule has 0 aliphatic rings. The van der Waals surface area contributed by atoms with Gasteiger partial charge in [-0.1, -0.05) is 0 Å². The highest BCUT2D eigenvalue weighted by Gasteiger charge is 2.08. The highest BCUT2D eigenvalue weighted by Crippen LogP contribution is 2.22. The van der Waals surface area contributed by atoms with Gasteiger partial charge in [-0.3, -0.25) is 0 Å². The van der Waals surface area contributed by atoms with Crippen LogP contribution in [0.1, 0.15) is 12.5 Å². The van der Waals surface area contributed by atoms with Gasteiger partial charge in [-0.15, -0.1) is 0 Å². The lowest BCUT2D eigenvalue weighted by atomic mass is 10.2. The largest absolute Gasteiger partial charge is 0.369 e. The van der Waals surface area contributed by atoms with Crippen molar-refractivity contribution in [2.24, 2.45) is 0 Å². The summed E-state index contributed by atoms with van der Waals surface area (Å²) in [5, 5.41) is 6.30. The first-order valence-electron chi connectivity index (χ1n) is 6.77. The quantitative estimate of drug-likeness (QED) is 0.772. The van der Waals surface area contributed by atoms with Crippen molar-refractivity contribution in [3.05, 3.63) is 48.2 Å². The lowest BCUT2D eigenvalue weighted by Crippen LogP contribution is -2.05. The van der Waals surface area contributed by atoms with E-state index in [0.717, 1.165) is 17.9 Å². The third-order valence-electron chi connectivity index (χ3n) is 3.04. The summed E-state index contributed by atoms with van der Waals surface area (Å²) in [5.41, 5.74) is 2.19. The number of benzene rings is 1. The maximum Gasteiger partial charge on any atom is 0.180 e. The highest BCUT2D eigenvalue weighted by molar-refractivity contribution is 5.71. The van der Waals surface area contributed by atoms with Crippen molar-refractivity contribution in [3.63, 3.8) is 0 Å². The standard InChI is InChI=1S/C15H16FN5/c1-3-17-13-9-21-5-4-18-15(21)14(20-13)19-12-7-10(2)6-11(16)8-12/h4-9,17H,3H2,1-2H3,(H,19,20). The predicted octanol–water partition coefficient (Wildman–Crippen LogP) is 3.35. The van der Waals surface area contributed by atoms with E-state index in [1.165, 1.54) is 12.1 Å². The molecular formula is C15H16FN5. The third kappa shape index (κ3) is 2.79. The summed E-state index contributed by atoms with van der Waals surface area (Å²) in [6.45, 7) is 4.62. The van der Waals surface area contributed by atoms with Gasteiger partial charge in [0.1, 0.15) is 11.6 Å². The summed E-state index contributed by atoms with van der Waals surface area (Å²) in [6, 6.07) is 4.79. The minimum absolute atomic E-state index is 0.278. The summed E-state index contributed by atoms with van der Waals surface area (Å²) >= 11 is 0. The number of nitrogens with one attached hydrogen (secondary N) is 2. The highest BCUT2D eigenvalue weighted by atomic mass is 19.1. The molecule has 0 bridgehead atoms. The average Bonchev–Trinajstić information content (AvgIpc) is 2.86. The van der Waals surface area contributed by atoms with E-state index in [1.54, 1.807) is 6.20 Å². The second-order valence-electron chi connectivity index (χ2n) is 4.81. The van der Waals surface area contributed by atoms with E-state index in [-0.39, 0.29) is 5.82 Å². The molecule has 108 valence electrons. The van der Waals surface area contributed by atoms with Crippen LogP contribution in [0.15, 0.2) is 36.8 Å². The number of anilines is 3. The predicted molar refractivity (Wildman–Crippen MR) is 81.6 cm³/mol. The van der Waals surface area contributed by atoms with Crippen molar-refractivity contribution >= 4 is 23.0 Å². The summed E-state index contributed by atoms with van der Waals surface area (Å²) < 4.78 is 15.4. The molecule has 0 atom stereocenters. The van der Waals surface area contributed by atoms with Crippen LogP contribution in [0.3, 0.4) is 0 Å². The van der Waals surface area contributed by atoms with Crippen LogP contribution in [0, 0.1) is 12.7 Å². The van der Waals surface area contributed by atoms with Crippen LogP contribution < -0.4 is 10.6 Å². The Hall–Kier alpha value is -2.63. The molecule has 0 radical (unpaired) electrons. The van der Waals surface area contributed by atoms with Crippen LogP contribution in [0.25, 0.3) is 5.65 Å². The van der Waals surface area contributed by atoms with Gasteiger partial charge < -0.3 is 15.0 Å². The minimum atomic E-state index is -0.278. The lowest BCUT2D eigenvalue weighted by Gasteiger charge is -2.11. The van der Waals surface area contributed by atoms with Crippen LogP contribution in [0.2, 0.25) is 0 Å². The van der Waals surface area contributed by atoms with E-state index >= 15 is 0 Å². The zero-order chi connectivity index (χ0) is 14.8. The number of nitrogens with zero attached hydrogens (tertiary/aromatic N) is 3. The molecule has 1 aromatic carbocycles. The summed E-state index contributed by atoms with van der Waals surface area (Å²) in [5.74, 6) is 1.04.